The second-order valence-corrected chi connectivity index (χ2v) is 10.4. The highest BCUT2D eigenvalue weighted by Gasteiger charge is 2.71. The van der Waals surface area contributed by atoms with Gasteiger partial charge < -0.3 is 19.7 Å². The Morgan fingerprint density at radius 3 is 2.58 bits per heavy atom. The van der Waals surface area contributed by atoms with Crippen LogP contribution < -0.4 is 5.32 Å². The summed E-state index contributed by atoms with van der Waals surface area (Å²) in [4.78, 5) is 27.9. The second kappa shape index (κ2) is 13.4. The number of allylic oxidation sites excluding steroid dienone is 3. The Morgan fingerprint density at radius 2 is 1.94 bits per heavy atom. The van der Waals surface area contributed by atoms with E-state index >= 15 is 0 Å². The van der Waals surface area contributed by atoms with E-state index in [9.17, 15) is 9.59 Å². The van der Waals surface area contributed by atoms with Crippen LogP contribution in [0.1, 0.15) is 67.1 Å². The number of hydrogen-bond acceptors (Lipinski definition) is 5. The summed E-state index contributed by atoms with van der Waals surface area (Å²) in [7, 11) is 0. The van der Waals surface area contributed by atoms with Gasteiger partial charge in [-0.15, -0.1) is 0 Å². The Kier molecular flexibility index (Phi) is 10.6. The largest absolute Gasteiger partial charge is 0.439 e. The lowest BCUT2D eigenvalue weighted by molar-refractivity contribution is -0.124. The molecular weight excluding hydrogens is 454 g/mol. The predicted molar refractivity (Wildman–Crippen MR) is 146 cm³/mol. The van der Waals surface area contributed by atoms with E-state index in [4.69, 9.17) is 9.47 Å². The number of carbonyl (C=O) groups excluding carboxylic acids is 2. The third-order valence-electron chi connectivity index (χ3n) is 8.14. The van der Waals surface area contributed by atoms with Gasteiger partial charge in [-0.25, -0.2) is 4.79 Å². The van der Waals surface area contributed by atoms with Gasteiger partial charge in [-0.3, -0.25) is 9.69 Å². The lowest BCUT2D eigenvalue weighted by atomic mass is 9.91. The van der Waals surface area contributed by atoms with Crippen LogP contribution in [0.2, 0.25) is 0 Å². The van der Waals surface area contributed by atoms with Gasteiger partial charge in [-0.2, -0.15) is 0 Å². The van der Waals surface area contributed by atoms with Gasteiger partial charge in [-0.05, 0) is 24.3 Å². The molecule has 0 bridgehead atoms. The molecule has 0 radical (unpaired) electrons. The van der Waals surface area contributed by atoms with Gasteiger partial charge in [-0.1, -0.05) is 83.8 Å². The fourth-order valence-electron chi connectivity index (χ4n) is 5.97. The molecule has 2 heterocycles. The summed E-state index contributed by atoms with van der Waals surface area (Å²) in [5.74, 6) is 0.775. The summed E-state index contributed by atoms with van der Waals surface area (Å²) in [5, 5.41) is 2.86. The minimum atomic E-state index is -0.452. The summed E-state index contributed by atoms with van der Waals surface area (Å²) in [6.45, 7) is 14.4. The molecule has 3 aliphatic carbocycles. The highest BCUT2D eigenvalue weighted by Crippen LogP contribution is 2.69. The van der Waals surface area contributed by atoms with Crippen LogP contribution in [-0.4, -0.2) is 79.9 Å². The average molecular weight is 504 g/mol. The Bertz CT molecular complexity index is 820. The van der Waals surface area contributed by atoms with Crippen molar-refractivity contribution in [2.45, 2.75) is 71.3 Å². The normalized spacial score (nSPS) is 28.8. The molecule has 36 heavy (non-hydrogen) atoms. The second-order valence-electron chi connectivity index (χ2n) is 10.4. The number of rotatable bonds is 6. The number of nitrogens with zero attached hydrogens (tertiary/aromatic N) is 2. The molecule has 5 aliphatic rings. The molecule has 0 aromatic heterocycles. The molecule has 5 rings (SSSR count). The number of ether oxygens (including phenoxy) is 2. The maximum atomic E-state index is 12.0. The van der Waals surface area contributed by atoms with Gasteiger partial charge in [0.1, 0.15) is 0 Å². The van der Waals surface area contributed by atoms with Crippen molar-refractivity contribution in [3.8, 4) is 0 Å². The number of morpholine rings is 1. The average Bonchev–Trinajstić information content (AvgIpc) is 3.51. The summed E-state index contributed by atoms with van der Waals surface area (Å²) in [5.41, 5.74) is 1.61. The molecular formula is C29H49N3O4. The van der Waals surface area contributed by atoms with Crippen LogP contribution in [0.15, 0.2) is 36.5 Å². The first-order valence-corrected chi connectivity index (χ1v) is 14.0. The lowest BCUT2D eigenvalue weighted by Gasteiger charge is -2.28. The Balaban J connectivity index is 0.000000413. The Hall–Kier alpha value is -2.12. The van der Waals surface area contributed by atoms with Crippen molar-refractivity contribution in [2.75, 3.05) is 52.5 Å². The molecule has 7 nitrogen and oxygen atoms in total. The van der Waals surface area contributed by atoms with E-state index in [0.717, 1.165) is 31.8 Å². The van der Waals surface area contributed by atoms with E-state index in [2.05, 4.69) is 41.9 Å². The lowest BCUT2D eigenvalue weighted by Crippen LogP contribution is -2.43. The van der Waals surface area contributed by atoms with Crippen LogP contribution in [0, 0.1) is 11.3 Å². The fourth-order valence-corrected chi connectivity index (χ4v) is 5.97. The molecule has 0 aromatic carbocycles. The molecule has 2 aliphatic heterocycles. The van der Waals surface area contributed by atoms with E-state index < -0.39 is 6.09 Å². The molecule has 0 aromatic rings. The molecule has 2 amide bonds. The molecule has 2 saturated heterocycles. The molecule has 4 fully saturated rings. The van der Waals surface area contributed by atoms with E-state index in [-0.39, 0.29) is 24.9 Å². The van der Waals surface area contributed by atoms with Crippen molar-refractivity contribution in [1.82, 2.24) is 15.1 Å². The topological polar surface area (TPSA) is 71.1 Å². The number of carbonyl (C=O) groups is 2. The number of likely N-dealkylation sites (tertiary alicyclic amines) is 1. The van der Waals surface area contributed by atoms with Crippen molar-refractivity contribution in [2.24, 2.45) is 11.3 Å². The molecule has 204 valence electrons. The Labute approximate surface area is 219 Å². The molecule has 0 spiro atoms. The minimum Gasteiger partial charge on any atom is -0.439 e. The number of nitrogens with one attached hydrogen (secondary N) is 1. The van der Waals surface area contributed by atoms with Crippen LogP contribution in [-0.2, 0) is 14.3 Å². The van der Waals surface area contributed by atoms with Crippen LogP contribution in [0.3, 0.4) is 0 Å². The maximum absolute atomic E-state index is 12.0. The van der Waals surface area contributed by atoms with Crippen LogP contribution in [0.25, 0.3) is 0 Å². The molecule has 7 heteroatoms. The quantitative estimate of drug-likeness (QED) is 0.556. The maximum Gasteiger partial charge on any atom is 0.410 e. The van der Waals surface area contributed by atoms with E-state index in [1.165, 1.54) is 37.7 Å². The summed E-state index contributed by atoms with van der Waals surface area (Å²) < 4.78 is 10.3. The summed E-state index contributed by atoms with van der Waals surface area (Å²) >= 11 is 0. The van der Waals surface area contributed by atoms with Crippen molar-refractivity contribution >= 4 is 12.0 Å². The number of hydrogen-bond donors (Lipinski definition) is 1. The zero-order chi connectivity index (χ0) is 26.0. The monoisotopic (exact) mass is 503 g/mol. The first-order valence-electron chi connectivity index (χ1n) is 14.0. The van der Waals surface area contributed by atoms with Gasteiger partial charge in [0.05, 0.1) is 13.2 Å². The van der Waals surface area contributed by atoms with Crippen LogP contribution in [0.5, 0.6) is 0 Å². The van der Waals surface area contributed by atoms with Crippen LogP contribution >= 0.6 is 0 Å². The zero-order valence-corrected chi connectivity index (χ0v) is 22.7. The standard InChI is InChI=1S/C20H27N3O4.C7H14.C2H6.H2/c1-2-16-3-4-20-15-19(20,13-16)5-7-23(20)8-6-21-17(24)14-27-18(25)22-9-11-26-12-10-22;1-7-5-3-2-4-6-7;1-2;/h2-4,13H,1,5-12,14-15H2,(H,21,24);7H,2-6H2,1H3;1-2H3;1H. The first kappa shape index (κ1) is 28.5. The van der Waals surface area contributed by atoms with Gasteiger partial charge in [0.15, 0.2) is 6.61 Å². The zero-order valence-electron chi connectivity index (χ0n) is 22.7. The third-order valence-corrected chi connectivity index (χ3v) is 8.14. The first-order chi connectivity index (χ1) is 17.5. The number of amides is 2. The Morgan fingerprint density at radius 1 is 1.22 bits per heavy atom. The molecule has 2 saturated carbocycles. The van der Waals surface area contributed by atoms with E-state index in [0.29, 0.717) is 32.8 Å². The van der Waals surface area contributed by atoms with Crippen molar-refractivity contribution in [3.05, 3.63) is 36.5 Å². The SMILES string of the molecule is C=CC1=CC23CCN(CCNC(=O)COC(=O)N4CCOCC4)C2(C=C1)C3.CC.CC1CCCCC1.[HH]. The van der Waals surface area contributed by atoms with Crippen molar-refractivity contribution < 1.29 is 20.5 Å². The van der Waals surface area contributed by atoms with E-state index in [1.54, 1.807) is 4.90 Å². The van der Waals surface area contributed by atoms with Gasteiger partial charge in [0, 0.05) is 45.1 Å². The molecule has 2 atom stereocenters. The van der Waals surface area contributed by atoms with Crippen molar-refractivity contribution in [1.29, 1.82) is 0 Å². The number of piperidine rings is 1. The van der Waals surface area contributed by atoms with Gasteiger partial charge in [0.2, 0.25) is 0 Å². The summed E-state index contributed by atoms with van der Waals surface area (Å²) in [6, 6.07) is 0. The highest BCUT2D eigenvalue weighted by molar-refractivity contribution is 5.80. The van der Waals surface area contributed by atoms with E-state index in [1.807, 2.05) is 19.9 Å². The minimum absolute atomic E-state index is 0. The van der Waals surface area contributed by atoms with Crippen LogP contribution in [0.4, 0.5) is 4.79 Å². The van der Waals surface area contributed by atoms with Gasteiger partial charge >= 0.3 is 6.09 Å². The summed E-state index contributed by atoms with van der Waals surface area (Å²) in [6.07, 6.45) is 18.0. The third kappa shape index (κ3) is 6.80. The smallest absolute Gasteiger partial charge is 0.410 e. The fraction of sp³-hybridized carbons (Fsp3) is 0.724. The molecule has 1 N–H and O–H groups in total. The predicted octanol–water partition coefficient (Wildman–Crippen LogP) is 4.95. The molecule has 2 unspecified atom stereocenters. The van der Waals surface area contributed by atoms with Crippen molar-refractivity contribution in [3.63, 3.8) is 0 Å². The highest BCUT2D eigenvalue weighted by atomic mass is 16.6. The van der Waals surface area contributed by atoms with Gasteiger partial charge in [0.25, 0.3) is 5.91 Å².